The smallest absolute Gasteiger partial charge is 0.318 e. The van der Waals surface area contributed by atoms with E-state index in [4.69, 9.17) is 0 Å². The molecule has 3 amide bonds. The molecule has 5 nitrogen and oxygen atoms in total. The molecule has 20 heavy (non-hydrogen) atoms. The van der Waals surface area contributed by atoms with Crippen LogP contribution < -0.4 is 10.6 Å². The number of carbonyl (C=O) groups excluding carboxylic acids is 2. The summed E-state index contributed by atoms with van der Waals surface area (Å²) >= 11 is 0. The second kappa shape index (κ2) is 5.62. The summed E-state index contributed by atoms with van der Waals surface area (Å²) in [5.74, 6) is 0.444. The number of carbonyl (C=O) groups is 2. The Bertz CT molecular complexity index is 393. The van der Waals surface area contributed by atoms with Crippen molar-refractivity contribution in [1.82, 2.24) is 15.5 Å². The van der Waals surface area contributed by atoms with Gasteiger partial charge in [0.1, 0.15) is 6.04 Å². The van der Waals surface area contributed by atoms with E-state index in [1.165, 1.54) is 12.8 Å². The number of nitrogens with one attached hydrogen (secondary N) is 2. The molecule has 3 aliphatic rings. The first-order chi connectivity index (χ1) is 9.70. The molecule has 0 aromatic rings. The third-order valence-corrected chi connectivity index (χ3v) is 5.12. The fourth-order valence-corrected chi connectivity index (χ4v) is 4.22. The molecule has 2 saturated carbocycles. The maximum Gasteiger partial charge on any atom is 0.318 e. The Kier molecular flexibility index (Phi) is 3.85. The molecule has 0 spiro atoms. The van der Waals surface area contributed by atoms with Crippen LogP contribution in [0.3, 0.4) is 0 Å². The number of nitrogens with zero attached hydrogens (tertiary/aromatic N) is 1. The van der Waals surface area contributed by atoms with Gasteiger partial charge in [0.2, 0.25) is 5.91 Å². The van der Waals surface area contributed by atoms with E-state index in [0.717, 1.165) is 32.1 Å². The van der Waals surface area contributed by atoms with Crippen LogP contribution in [-0.4, -0.2) is 41.5 Å². The highest BCUT2D eigenvalue weighted by molar-refractivity contribution is 5.88. The first kappa shape index (κ1) is 13.7. The van der Waals surface area contributed by atoms with Crippen LogP contribution in [0.25, 0.3) is 0 Å². The molecule has 2 bridgehead atoms. The topological polar surface area (TPSA) is 61.4 Å². The summed E-state index contributed by atoms with van der Waals surface area (Å²) in [5, 5.41) is 6.03. The molecule has 1 saturated heterocycles. The minimum absolute atomic E-state index is 0.0636. The van der Waals surface area contributed by atoms with Gasteiger partial charge in [-0.25, -0.2) is 4.79 Å². The Balaban J connectivity index is 1.68. The zero-order chi connectivity index (χ0) is 14.1. The molecule has 0 aromatic heterocycles. The normalized spacial score (nSPS) is 32.6. The predicted octanol–water partition coefficient (Wildman–Crippen LogP) is 1.63. The highest BCUT2D eigenvalue weighted by atomic mass is 16.2. The molecule has 3 rings (SSSR count). The third kappa shape index (κ3) is 2.38. The van der Waals surface area contributed by atoms with E-state index in [2.05, 4.69) is 10.6 Å². The number of piperidine rings is 1. The van der Waals surface area contributed by atoms with Crippen molar-refractivity contribution in [3.63, 3.8) is 0 Å². The van der Waals surface area contributed by atoms with E-state index in [0.29, 0.717) is 18.5 Å². The molecule has 1 aliphatic heterocycles. The van der Waals surface area contributed by atoms with Crippen molar-refractivity contribution in [3.05, 3.63) is 0 Å². The first-order valence-electron chi connectivity index (χ1n) is 8.07. The Labute approximate surface area is 120 Å². The molecule has 0 radical (unpaired) electrons. The molecular weight excluding hydrogens is 254 g/mol. The maximum atomic E-state index is 12.6. The van der Waals surface area contributed by atoms with Gasteiger partial charge < -0.3 is 15.5 Å². The summed E-state index contributed by atoms with van der Waals surface area (Å²) in [6.07, 6.45) is 7.74. The van der Waals surface area contributed by atoms with Crippen molar-refractivity contribution in [2.45, 2.75) is 70.0 Å². The molecule has 3 atom stereocenters. The van der Waals surface area contributed by atoms with E-state index in [9.17, 15) is 9.59 Å². The molecular formula is C15H25N3O2. The summed E-state index contributed by atoms with van der Waals surface area (Å²) in [5.41, 5.74) is 0. The van der Waals surface area contributed by atoms with E-state index in [1.807, 2.05) is 11.8 Å². The lowest BCUT2D eigenvalue weighted by Crippen LogP contribution is -2.56. The number of amides is 3. The van der Waals surface area contributed by atoms with Gasteiger partial charge in [-0.15, -0.1) is 0 Å². The number of urea groups is 1. The van der Waals surface area contributed by atoms with E-state index < -0.39 is 0 Å². The fourth-order valence-electron chi connectivity index (χ4n) is 4.22. The van der Waals surface area contributed by atoms with Crippen LogP contribution in [0.1, 0.15) is 51.9 Å². The van der Waals surface area contributed by atoms with Gasteiger partial charge in [0.15, 0.2) is 0 Å². The standard InChI is InChI=1S/C15H25N3O2/c1-2-16-15(20)18-12-8-7-10(9-12)13(18)14(19)17-11-5-3-4-6-11/h10-13H,2-9H2,1H3,(H,16,20)(H,17,19). The largest absolute Gasteiger partial charge is 0.352 e. The monoisotopic (exact) mass is 279 g/mol. The first-order valence-corrected chi connectivity index (χ1v) is 8.07. The lowest BCUT2D eigenvalue weighted by atomic mass is 9.97. The number of fused-ring (bicyclic) bond motifs is 2. The van der Waals surface area contributed by atoms with Crippen LogP contribution in [0.15, 0.2) is 0 Å². The van der Waals surface area contributed by atoms with Crippen molar-refractivity contribution in [2.24, 2.45) is 5.92 Å². The Morgan fingerprint density at radius 3 is 2.60 bits per heavy atom. The molecule has 1 heterocycles. The van der Waals surface area contributed by atoms with Crippen LogP contribution in [-0.2, 0) is 4.79 Å². The second-order valence-corrected chi connectivity index (χ2v) is 6.40. The molecule has 112 valence electrons. The quantitative estimate of drug-likeness (QED) is 0.825. The number of rotatable bonds is 3. The van der Waals surface area contributed by atoms with Gasteiger partial charge in [-0.2, -0.15) is 0 Å². The van der Waals surface area contributed by atoms with Gasteiger partial charge in [-0.05, 0) is 44.9 Å². The molecule has 5 heteroatoms. The summed E-state index contributed by atoms with van der Waals surface area (Å²) in [4.78, 5) is 26.6. The van der Waals surface area contributed by atoms with Gasteiger partial charge in [-0.3, -0.25) is 4.79 Å². The lowest BCUT2D eigenvalue weighted by molar-refractivity contribution is -0.127. The minimum Gasteiger partial charge on any atom is -0.352 e. The average molecular weight is 279 g/mol. The maximum absolute atomic E-state index is 12.6. The van der Waals surface area contributed by atoms with Gasteiger partial charge in [0, 0.05) is 18.6 Å². The van der Waals surface area contributed by atoms with Crippen molar-refractivity contribution in [3.8, 4) is 0 Å². The number of likely N-dealkylation sites (tertiary alicyclic amines) is 1. The van der Waals surface area contributed by atoms with Gasteiger partial charge in [-0.1, -0.05) is 12.8 Å². The Morgan fingerprint density at radius 2 is 1.90 bits per heavy atom. The van der Waals surface area contributed by atoms with Crippen LogP contribution >= 0.6 is 0 Å². The molecule has 3 fully saturated rings. The number of hydrogen-bond donors (Lipinski definition) is 2. The molecule has 0 aromatic carbocycles. The highest BCUT2D eigenvalue weighted by Gasteiger charge is 2.51. The van der Waals surface area contributed by atoms with Crippen LogP contribution in [0.4, 0.5) is 4.79 Å². The Hall–Kier alpha value is -1.26. The van der Waals surface area contributed by atoms with Crippen molar-refractivity contribution >= 4 is 11.9 Å². The van der Waals surface area contributed by atoms with Crippen molar-refractivity contribution < 1.29 is 9.59 Å². The molecule has 3 unspecified atom stereocenters. The Morgan fingerprint density at radius 1 is 1.15 bits per heavy atom. The summed E-state index contributed by atoms with van der Waals surface area (Å²) in [6.45, 7) is 2.53. The minimum atomic E-state index is -0.235. The third-order valence-electron chi connectivity index (χ3n) is 5.12. The average Bonchev–Trinajstić information content (AvgIpc) is 3.14. The summed E-state index contributed by atoms with van der Waals surface area (Å²) in [6, 6.07) is 0.302. The lowest BCUT2D eigenvalue weighted by Gasteiger charge is -2.34. The SMILES string of the molecule is CCNC(=O)N1C2CCC(C2)C1C(=O)NC1CCCC1. The fraction of sp³-hybridized carbons (Fsp3) is 0.867. The molecule has 2 N–H and O–H groups in total. The zero-order valence-corrected chi connectivity index (χ0v) is 12.2. The van der Waals surface area contributed by atoms with Crippen molar-refractivity contribution in [2.75, 3.05) is 6.54 Å². The van der Waals surface area contributed by atoms with Crippen molar-refractivity contribution in [1.29, 1.82) is 0 Å². The van der Waals surface area contributed by atoms with Gasteiger partial charge in [0.25, 0.3) is 0 Å². The van der Waals surface area contributed by atoms with Crippen LogP contribution in [0, 0.1) is 5.92 Å². The van der Waals surface area contributed by atoms with E-state index in [1.54, 1.807) is 0 Å². The van der Waals surface area contributed by atoms with E-state index in [-0.39, 0.29) is 24.0 Å². The summed E-state index contributed by atoms with van der Waals surface area (Å²) in [7, 11) is 0. The highest BCUT2D eigenvalue weighted by Crippen LogP contribution is 2.42. The summed E-state index contributed by atoms with van der Waals surface area (Å²) < 4.78 is 0. The van der Waals surface area contributed by atoms with Crippen LogP contribution in [0.5, 0.6) is 0 Å². The van der Waals surface area contributed by atoms with Gasteiger partial charge in [0.05, 0.1) is 0 Å². The second-order valence-electron chi connectivity index (χ2n) is 6.40. The zero-order valence-electron chi connectivity index (χ0n) is 12.2. The predicted molar refractivity (Wildman–Crippen MR) is 76.2 cm³/mol. The van der Waals surface area contributed by atoms with E-state index >= 15 is 0 Å². The molecule has 2 aliphatic carbocycles. The van der Waals surface area contributed by atoms with Gasteiger partial charge >= 0.3 is 6.03 Å². The van der Waals surface area contributed by atoms with Crippen LogP contribution in [0.2, 0.25) is 0 Å². The number of hydrogen-bond acceptors (Lipinski definition) is 2.